The third-order valence-corrected chi connectivity index (χ3v) is 5.65. The minimum atomic E-state index is -1.29. The lowest BCUT2D eigenvalue weighted by Crippen LogP contribution is -2.54. The van der Waals surface area contributed by atoms with Crippen molar-refractivity contribution in [3.63, 3.8) is 0 Å². The quantitative estimate of drug-likeness (QED) is 0.675. The average molecular weight is 327 g/mol. The number of fused-ring (bicyclic) bond motifs is 3. The van der Waals surface area contributed by atoms with E-state index in [1.54, 1.807) is 6.92 Å². The van der Waals surface area contributed by atoms with Crippen LogP contribution in [-0.2, 0) is 33.2 Å². The summed E-state index contributed by atoms with van der Waals surface area (Å²) in [7, 11) is 1.96. The third kappa shape index (κ3) is 1.79. The van der Waals surface area contributed by atoms with Crippen molar-refractivity contribution < 1.29 is 19.4 Å². The van der Waals surface area contributed by atoms with E-state index in [2.05, 4.69) is 0 Å². The van der Waals surface area contributed by atoms with Crippen LogP contribution in [0.25, 0.3) is 10.9 Å². The van der Waals surface area contributed by atoms with Crippen molar-refractivity contribution >= 4 is 22.7 Å². The molecule has 2 aromatic rings. The number of ether oxygens (including phenoxy) is 1. The molecule has 1 heterocycles. The standard InChI is InChI=1S/C19H21NO4/c1-3-24-18(23)19-8-7-15(21)12(17(19)22)9-11-10-20(2)14-6-4-5-13(19)16(11)14/h4-6,10,12,15,21H,3,7-9H2,1-2H3/t12-,15?,19+/m1/s1. The van der Waals surface area contributed by atoms with E-state index in [4.69, 9.17) is 4.74 Å². The highest BCUT2D eigenvalue weighted by molar-refractivity contribution is 6.15. The summed E-state index contributed by atoms with van der Waals surface area (Å²) in [6.07, 6.45) is 2.51. The number of carbonyl (C=O) groups excluding carboxylic acids is 2. The maximum Gasteiger partial charge on any atom is 0.324 e. The van der Waals surface area contributed by atoms with Gasteiger partial charge in [-0.1, -0.05) is 12.1 Å². The molecule has 1 aromatic heterocycles. The van der Waals surface area contributed by atoms with Crippen molar-refractivity contribution in [1.29, 1.82) is 0 Å². The summed E-state index contributed by atoms with van der Waals surface area (Å²) in [4.78, 5) is 26.2. The molecule has 5 nitrogen and oxygen atoms in total. The molecule has 2 aliphatic carbocycles. The Morgan fingerprint density at radius 2 is 2.25 bits per heavy atom. The molecule has 1 fully saturated rings. The van der Waals surface area contributed by atoms with Gasteiger partial charge in [-0.15, -0.1) is 0 Å². The summed E-state index contributed by atoms with van der Waals surface area (Å²) in [5.41, 5.74) is 1.48. The van der Waals surface area contributed by atoms with Crippen molar-refractivity contribution in [3.05, 3.63) is 35.5 Å². The average Bonchev–Trinajstić information content (AvgIpc) is 2.85. The van der Waals surface area contributed by atoms with E-state index in [-0.39, 0.29) is 12.4 Å². The smallest absolute Gasteiger partial charge is 0.324 e. The van der Waals surface area contributed by atoms with Crippen LogP contribution in [0.4, 0.5) is 0 Å². The molecule has 0 amide bonds. The second-order valence-electron chi connectivity index (χ2n) is 6.87. The van der Waals surface area contributed by atoms with Crippen molar-refractivity contribution in [2.75, 3.05) is 6.61 Å². The van der Waals surface area contributed by atoms with Gasteiger partial charge in [0.1, 0.15) is 0 Å². The Morgan fingerprint density at radius 3 is 3.00 bits per heavy atom. The molecule has 2 bridgehead atoms. The molecule has 0 spiro atoms. The molecule has 0 radical (unpaired) electrons. The van der Waals surface area contributed by atoms with E-state index >= 15 is 0 Å². The van der Waals surface area contributed by atoms with Crippen molar-refractivity contribution in [1.82, 2.24) is 4.57 Å². The lowest BCUT2D eigenvalue weighted by molar-refractivity contribution is -0.159. The zero-order chi connectivity index (χ0) is 17.1. The van der Waals surface area contributed by atoms with Crippen LogP contribution in [0.2, 0.25) is 0 Å². The number of ketones is 1. The van der Waals surface area contributed by atoms with Crippen molar-refractivity contribution in [2.24, 2.45) is 13.0 Å². The van der Waals surface area contributed by atoms with Gasteiger partial charge in [0.2, 0.25) is 0 Å². The fourth-order valence-electron chi connectivity index (χ4n) is 4.53. The molecule has 24 heavy (non-hydrogen) atoms. The third-order valence-electron chi connectivity index (χ3n) is 5.65. The maximum absolute atomic E-state index is 13.3. The fourth-order valence-corrected chi connectivity index (χ4v) is 4.53. The number of benzene rings is 1. The lowest BCUT2D eigenvalue weighted by atomic mass is 9.64. The number of nitrogens with zero attached hydrogens (tertiary/aromatic N) is 1. The summed E-state index contributed by atoms with van der Waals surface area (Å²) in [5, 5.41) is 11.4. The highest BCUT2D eigenvalue weighted by Gasteiger charge is 2.57. The van der Waals surface area contributed by atoms with Gasteiger partial charge in [0, 0.05) is 30.1 Å². The van der Waals surface area contributed by atoms with E-state index < -0.39 is 23.4 Å². The molecule has 1 unspecified atom stereocenters. The van der Waals surface area contributed by atoms with Gasteiger partial charge in [-0.3, -0.25) is 9.59 Å². The molecule has 1 saturated carbocycles. The number of rotatable bonds is 2. The van der Waals surface area contributed by atoms with Gasteiger partial charge in [0.15, 0.2) is 11.2 Å². The zero-order valence-corrected chi connectivity index (χ0v) is 13.9. The lowest BCUT2D eigenvalue weighted by Gasteiger charge is -2.38. The van der Waals surface area contributed by atoms with Crippen LogP contribution in [0.5, 0.6) is 0 Å². The Kier molecular flexibility index (Phi) is 3.32. The fraction of sp³-hybridized carbons (Fsp3) is 0.474. The van der Waals surface area contributed by atoms with Gasteiger partial charge < -0.3 is 14.4 Å². The number of carbonyl (C=O) groups is 2. The monoisotopic (exact) mass is 327 g/mol. The van der Waals surface area contributed by atoms with Gasteiger partial charge in [0.05, 0.1) is 12.7 Å². The maximum atomic E-state index is 13.3. The molecular weight excluding hydrogens is 306 g/mol. The Morgan fingerprint density at radius 1 is 1.46 bits per heavy atom. The Bertz CT molecular complexity index is 852. The van der Waals surface area contributed by atoms with Crippen LogP contribution in [-0.4, -0.2) is 34.1 Å². The number of aryl methyl sites for hydroxylation is 1. The summed E-state index contributed by atoms with van der Waals surface area (Å²) >= 11 is 0. The molecule has 1 aromatic carbocycles. The number of Topliss-reactive ketones (excluding diaryl/α,β-unsaturated/α-hetero) is 1. The van der Waals surface area contributed by atoms with Crippen molar-refractivity contribution in [3.8, 4) is 0 Å². The predicted octanol–water partition coefficient (Wildman–Crippen LogP) is 1.88. The molecule has 0 aliphatic heterocycles. The van der Waals surface area contributed by atoms with Crippen LogP contribution in [0.15, 0.2) is 24.4 Å². The second-order valence-corrected chi connectivity index (χ2v) is 6.87. The van der Waals surface area contributed by atoms with Crippen LogP contribution < -0.4 is 0 Å². The van der Waals surface area contributed by atoms with Gasteiger partial charge in [-0.25, -0.2) is 0 Å². The number of aromatic nitrogens is 1. The number of hydrogen-bond donors (Lipinski definition) is 1. The molecule has 5 heteroatoms. The molecule has 1 N–H and O–H groups in total. The number of esters is 1. The van der Waals surface area contributed by atoms with Gasteiger partial charge in [-0.2, -0.15) is 0 Å². The van der Waals surface area contributed by atoms with E-state index in [0.717, 1.165) is 22.0 Å². The topological polar surface area (TPSA) is 68.5 Å². The first kappa shape index (κ1) is 15.4. The minimum Gasteiger partial charge on any atom is -0.465 e. The number of aliphatic hydroxyl groups is 1. The first-order valence-electron chi connectivity index (χ1n) is 8.47. The van der Waals surface area contributed by atoms with E-state index in [1.807, 2.05) is 36.0 Å². The Balaban J connectivity index is 2.07. The number of hydrogen-bond acceptors (Lipinski definition) is 4. The molecule has 3 atom stereocenters. The normalized spacial score (nSPS) is 28.7. The van der Waals surface area contributed by atoms with Crippen LogP contribution in [0.3, 0.4) is 0 Å². The largest absolute Gasteiger partial charge is 0.465 e. The molecular formula is C19H21NO4. The highest BCUT2D eigenvalue weighted by Crippen LogP contribution is 2.48. The second kappa shape index (κ2) is 5.18. The van der Waals surface area contributed by atoms with Gasteiger partial charge in [0.25, 0.3) is 0 Å². The van der Waals surface area contributed by atoms with Crippen molar-refractivity contribution in [2.45, 2.75) is 37.7 Å². The van der Waals surface area contributed by atoms with Crippen LogP contribution in [0, 0.1) is 5.92 Å². The van der Waals surface area contributed by atoms with Gasteiger partial charge >= 0.3 is 5.97 Å². The molecule has 126 valence electrons. The molecule has 4 rings (SSSR count). The summed E-state index contributed by atoms with van der Waals surface area (Å²) in [6, 6.07) is 5.76. The minimum absolute atomic E-state index is 0.189. The first-order valence-corrected chi connectivity index (χ1v) is 8.47. The van der Waals surface area contributed by atoms with Crippen LogP contribution in [0.1, 0.15) is 30.9 Å². The summed E-state index contributed by atoms with van der Waals surface area (Å²) < 4.78 is 7.34. The summed E-state index contributed by atoms with van der Waals surface area (Å²) in [6.45, 7) is 1.98. The van der Waals surface area contributed by atoms with Crippen LogP contribution >= 0.6 is 0 Å². The molecule has 0 saturated heterocycles. The summed E-state index contributed by atoms with van der Waals surface area (Å²) in [5.74, 6) is -1.22. The molecule has 2 aliphatic rings. The van der Waals surface area contributed by atoms with E-state index in [9.17, 15) is 14.7 Å². The van der Waals surface area contributed by atoms with E-state index in [0.29, 0.717) is 19.3 Å². The Hall–Kier alpha value is -2.14. The van der Waals surface area contributed by atoms with E-state index in [1.165, 1.54) is 0 Å². The predicted molar refractivity (Wildman–Crippen MR) is 88.7 cm³/mol. The SMILES string of the molecule is CCOC(=O)[C@@]12CCC(O)[C@@H](Cc3cn(C)c4cccc1c34)C2=O. The Labute approximate surface area is 140 Å². The van der Waals surface area contributed by atoms with Gasteiger partial charge in [-0.05, 0) is 43.4 Å². The number of aliphatic hydroxyl groups excluding tert-OH is 1. The first-order chi connectivity index (χ1) is 11.5. The zero-order valence-electron chi connectivity index (χ0n) is 13.9. The highest BCUT2D eigenvalue weighted by atomic mass is 16.5.